The number of esters is 1. The maximum Gasteiger partial charge on any atom is 0.306 e. The fourth-order valence-electron chi connectivity index (χ4n) is 8.26. The van der Waals surface area contributed by atoms with Crippen molar-refractivity contribution < 1.29 is 24.5 Å². The van der Waals surface area contributed by atoms with Crippen molar-refractivity contribution in [1.82, 2.24) is 5.32 Å². The van der Waals surface area contributed by atoms with Gasteiger partial charge in [-0.1, -0.05) is 252 Å². The Bertz CT molecular complexity index is 821. The van der Waals surface area contributed by atoms with Gasteiger partial charge in [-0.05, 0) is 25.7 Å². The monoisotopic (exact) mass is 808 g/mol. The molecule has 6 nitrogen and oxygen atoms in total. The van der Waals surface area contributed by atoms with Crippen molar-refractivity contribution in [3.05, 3.63) is 0 Å². The van der Waals surface area contributed by atoms with Gasteiger partial charge in [-0.15, -0.1) is 0 Å². The predicted octanol–water partition coefficient (Wildman–Crippen LogP) is 15.2. The van der Waals surface area contributed by atoms with Crippen molar-refractivity contribution in [1.29, 1.82) is 0 Å². The third kappa shape index (κ3) is 41.4. The summed E-state index contributed by atoms with van der Waals surface area (Å²) in [6.45, 7) is 6.50. The maximum atomic E-state index is 13.2. The Hall–Kier alpha value is -1.14. The molecule has 0 fully saturated rings. The first kappa shape index (κ1) is 55.9. The maximum absolute atomic E-state index is 13.2. The average Bonchev–Trinajstić information content (AvgIpc) is 3.20. The Morgan fingerprint density at radius 3 is 1.07 bits per heavy atom. The summed E-state index contributed by atoms with van der Waals surface area (Å²) in [5, 5.41) is 23.7. The SMILES string of the molecule is CCCCCCCCCCCCCCCCCC(CC(=O)NC(CO)C(O)CCCCCCCCCCCC)OC(=O)CCCCCCCCCCCCCCC. The summed E-state index contributed by atoms with van der Waals surface area (Å²) < 4.78 is 5.94. The van der Waals surface area contributed by atoms with Crippen molar-refractivity contribution >= 4 is 11.9 Å². The summed E-state index contributed by atoms with van der Waals surface area (Å²) in [4.78, 5) is 26.1. The molecule has 0 aromatic carbocycles. The van der Waals surface area contributed by atoms with Crippen LogP contribution in [0.1, 0.15) is 290 Å². The molecular weight excluding hydrogens is 707 g/mol. The van der Waals surface area contributed by atoms with Crippen molar-refractivity contribution in [3.8, 4) is 0 Å². The Labute approximate surface area is 356 Å². The molecule has 57 heavy (non-hydrogen) atoms. The molecule has 0 aliphatic rings. The zero-order valence-corrected chi connectivity index (χ0v) is 38.8. The minimum atomic E-state index is -0.778. The number of hydrogen-bond donors (Lipinski definition) is 3. The first-order valence-corrected chi connectivity index (χ1v) is 25.8. The van der Waals surface area contributed by atoms with Gasteiger partial charge in [0.15, 0.2) is 0 Å². The second kappa shape index (κ2) is 45.9. The van der Waals surface area contributed by atoms with Gasteiger partial charge in [0.25, 0.3) is 0 Å². The fourth-order valence-corrected chi connectivity index (χ4v) is 8.26. The highest BCUT2D eigenvalue weighted by molar-refractivity contribution is 5.77. The largest absolute Gasteiger partial charge is 0.462 e. The average molecular weight is 808 g/mol. The lowest BCUT2D eigenvalue weighted by atomic mass is 10.0. The van der Waals surface area contributed by atoms with E-state index in [1.807, 2.05) is 0 Å². The Morgan fingerprint density at radius 1 is 0.439 bits per heavy atom. The molecule has 0 aromatic heterocycles. The van der Waals surface area contributed by atoms with Gasteiger partial charge in [-0.2, -0.15) is 0 Å². The fraction of sp³-hybridized carbons (Fsp3) is 0.961. The molecule has 0 aliphatic carbocycles. The van der Waals surface area contributed by atoms with Crippen LogP contribution in [0.25, 0.3) is 0 Å². The minimum absolute atomic E-state index is 0.0877. The normalized spacial score (nSPS) is 13.1. The number of nitrogens with one attached hydrogen (secondary N) is 1. The number of aliphatic hydroxyl groups is 2. The Morgan fingerprint density at radius 2 is 0.737 bits per heavy atom. The highest BCUT2D eigenvalue weighted by atomic mass is 16.5. The minimum Gasteiger partial charge on any atom is -0.462 e. The number of carbonyl (C=O) groups excluding carboxylic acids is 2. The molecule has 0 saturated carbocycles. The van der Waals surface area contributed by atoms with Gasteiger partial charge >= 0.3 is 5.97 Å². The standard InChI is InChI=1S/C51H101NO5/c1-4-7-10-13-16-19-22-24-25-27-28-30-33-36-39-42-47(57-51(56)44-41-38-35-32-29-26-23-20-17-14-11-8-5-2)45-50(55)52-48(46-53)49(54)43-40-37-34-31-21-18-15-12-9-6-3/h47-49,53-54H,4-46H2,1-3H3,(H,52,55). The van der Waals surface area contributed by atoms with Gasteiger partial charge in [-0.3, -0.25) is 9.59 Å². The summed E-state index contributed by atoms with van der Waals surface area (Å²) in [6.07, 6.45) is 48.7. The summed E-state index contributed by atoms with van der Waals surface area (Å²) in [5.41, 5.74) is 0. The molecular formula is C51H101NO5. The highest BCUT2D eigenvalue weighted by Gasteiger charge is 2.24. The number of unbranched alkanes of at least 4 members (excludes halogenated alkanes) is 35. The number of hydrogen-bond acceptors (Lipinski definition) is 5. The molecule has 0 aromatic rings. The summed E-state index contributed by atoms with van der Waals surface area (Å²) in [7, 11) is 0. The highest BCUT2D eigenvalue weighted by Crippen LogP contribution is 2.19. The number of rotatable bonds is 47. The van der Waals surface area contributed by atoms with Gasteiger partial charge < -0.3 is 20.3 Å². The third-order valence-electron chi connectivity index (χ3n) is 12.2. The topological polar surface area (TPSA) is 95.9 Å². The zero-order valence-electron chi connectivity index (χ0n) is 38.8. The lowest BCUT2D eigenvalue weighted by molar-refractivity contribution is -0.151. The molecule has 0 heterocycles. The summed E-state index contributed by atoms with van der Waals surface area (Å²) >= 11 is 0. The zero-order chi connectivity index (χ0) is 41.7. The second-order valence-electron chi connectivity index (χ2n) is 17.9. The van der Waals surface area contributed by atoms with Crippen LogP contribution in [0.4, 0.5) is 0 Å². The van der Waals surface area contributed by atoms with Crippen LogP contribution in [-0.2, 0) is 14.3 Å². The van der Waals surface area contributed by atoms with E-state index in [0.29, 0.717) is 19.3 Å². The molecule has 0 aliphatic heterocycles. The summed E-state index contributed by atoms with van der Waals surface area (Å²) in [5.74, 6) is -0.451. The van der Waals surface area contributed by atoms with E-state index in [-0.39, 0.29) is 24.9 Å². The van der Waals surface area contributed by atoms with E-state index in [9.17, 15) is 19.8 Å². The van der Waals surface area contributed by atoms with E-state index < -0.39 is 18.2 Å². The predicted molar refractivity (Wildman–Crippen MR) is 246 cm³/mol. The molecule has 6 heteroatoms. The molecule has 1 amide bonds. The molecule has 3 atom stereocenters. The van der Waals surface area contributed by atoms with Gasteiger partial charge in [0.05, 0.1) is 25.2 Å². The van der Waals surface area contributed by atoms with Crippen LogP contribution < -0.4 is 5.32 Å². The van der Waals surface area contributed by atoms with E-state index >= 15 is 0 Å². The van der Waals surface area contributed by atoms with Crippen LogP contribution in [0.3, 0.4) is 0 Å². The number of amides is 1. The molecule has 340 valence electrons. The van der Waals surface area contributed by atoms with Crippen LogP contribution in [-0.4, -0.2) is 46.9 Å². The molecule has 0 radical (unpaired) electrons. The van der Waals surface area contributed by atoms with Gasteiger partial charge in [0.1, 0.15) is 6.10 Å². The Balaban J connectivity index is 4.52. The lowest BCUT2D eigenvalue weighted by Gasteiger charge is -2.24. The first-order valence-electron chi connectivity index (χ1n) is 25.8. The molecule has 0 spiro atoms. The Kier molecular flexibility index (Phi) is 45.0. The van der Waals surface area contributed by atoms with Crippen molar-refractivity contribution in [3.63, 3.8) is 0 Å². The van der Waals surface area contributed by atoms with Gasteiger partial charge in [0, 0.05) is 6.42 Å². The van der Waals surface area contributed by atoms with Crippen LogP contribution in [0, 0.1) is 0 Å². The quantitative estimate of drug-likeness (QED) is 0.0420. The van der Waals surface area contributed by atoms with Crippen LogP contribution in [0.15, 0.2) is 0 Å². The van der Waals surface area contributed by atoms with Gasteiger partial charge in [0.2, 0.25) is 5.91 Å². The lowest BCUT2D eigenvalue weighted by Crippen LogP contribution is -2.46. The van der Waals surface area contributed by atoms with Crippen LogP contribution in [0.2, 0.25) is 0 Å². The van der Waals surface area contributed by atoms with E-state index in [1.54, 1.807) is 0 Å². The second-order valence-corrected chi connectivity index (χ2v) is 17.9. The van der Waals surface area contributed by atoms with E-state index in [2.05, 4.69) is 26.1 Å². The molecule has 3 unspecified atom stereocenters. The molecule has 3 N–H and O–H groups in total. The van der Waals surface area contributed by atoms with Crippen molar-refractivity contribution in [2.24, 2.45) is 0 Å². The number of aliphatic hydroxyl groups excluding tert-OH is 2. The van der Waals surface area contributed by atoms with Crippen LogP contribution >= 0.6 is 0 Å². The van der Waals surface area contributed by atoms with Crippen molar-refractivity contribution in [2.75, 3.05) is 6.61 Å². The summed E-state index contributed by atoms with van der Waals surface area (Å²) in [6, 6.07) is -0.691. The third-order valence-corrected chi connectivity index (χ3v) is 12.2. The number of ether oxygens (including phenoxy) is 1. The van der Waals surface area contributed by atoms with Crippen molar-refractivity contribution in [2.45, 2.75) is 309 Å². The molecule has 0 saturated heterocycles. The van der Waals surface area contributed by atoms with Gasteiger partial charge in [-0.25, -0.2) is 0 Å². The molecule has 0 rings (SSSR count). The van der Waals surface area contributed by atoms with E-state index in [1.165, 1.54) is 205 Å². The first-order chi connectivity index (χ1) is 28.0. The smallest absolute Gasteiger partial charge is 0.306 e. The number of carbonyl (C=O) groups is 2. The molecule has 0 bridgehead atoms. The van der Waals surface area contributed by atoms with Crippen LogP contribution in [0.5, 0.6) is 0 Å². The van der Waals surface area contributed by atoms with E-state index in [0.717, 1.165) is 38.5 Å². The van der Waals surface area contributed by atoms with E-state index in [4.69, 9.17) is 4.74 Å².